The third-order valence-electron chi connectivity index (χ3n) is 6.13. The Morgan fingerprint density at radius 3 is 2.40 bits per heavy atom. The zero-order chi connectivity index (χ0) is 20.3. The van der Waals surface area contributed by atoms with Crippen LogP contribution in [0.25, 0.3) is 17.1 Å². The van der Waals surface area contributed by atoms with Gasteiger partial charge in [-0.15, -0.1) is 0 Å². The lowest BCUT2D eigenvalue weighted by atomic mass is 9.95. The molecule has 3 aromatic rings. The van der Waals surface area contributed by atoms with Crippen LogP contribution in [-0.4, -0.2) is 45.9 Å². The minimum absolute atomic E-state index is 0.0752. The first-order valence-electron chi connectivity index (χ1n) is 10.9. The van der Waals surface area contributed by atoms with Crippen molar-refractivity contribution < 1.29 is 4.74 Å². The van der Waals surface area contributed by atoms with Crippen LogP contribution in [-0.2, 0) is 4.74 Å². The number of hydrogen-bond acceptors (Lipinski definition) is 5. The highest BCUT2D eigenvalue weighted by molar-refractivity contribution is 5.55. The topological polar surface area (TPSA) is 65.2 Å². The Hall–Kier alpha value is -2.93. The van der Waals surface area contributed by atoms with Crippen molar-refractivity contribution >= 4 is 5.69 Å². The number of anilines is 1. The van der Waals surface area contributed by atoms with Crippen molar-refractivity contribution in [3.05, 3.63) is 59.0 Å². The van der Waals surface area contributed by atoms with Crippen LogP contribution < -0.4 is 10.3 Å². The fourth-order valence-corrected chi connectivity index (χ4v) is 4.48. The van der Waals surface area contributed by atoms with Crippen molar-refractivity contribution in [2.75, 3.05) is 31.2 Å². The smallest absolute Gasteiger partial charge is 0.209 e. The minimum Gasteiger partial charge on any atom is -0.378 e. The van der Waals surface area contributed by atoms with E-state index in [1.54, 1.807) is 23.1 Å². The molecule has 1 aromatic carbocycles. The number of morpholine rings is 1. The summed E-state index contributed by atoms with van der Waals surface area (Å²) in [6.45, 7) is 3.35. The summed E-state index contributed by atoms with van der Waals surface area (Å²) < 4.78 is 9.22. The summed E-state index contributed by atoms with van der Waals surface area (Å²) in [5.41, 5.74) is 3.30. The van der Waals surface area contributed by atoms with Crippen LogP contribution in [0.2, 0.25) is 0 Å². The summed E-state index contributed by atoms with van der Waals surface area (Å²) in [6.07, 6.45) is 9.44. The van der Waals surface area contributed by atoms with Gasteiger partial charge in [-0.25, -0.2) is 4.68 Å². The first-order chi connectivity index (χ1) is 14.8. The van der Waals surface area contributed by atoms with E-state index >= 15 is 0 Å². The molecule has 1 aliphatic heterocycles. The molecule has 3 heterocycles. The summed E-state index contributed by atoms with van der Waals surface area (Å²) in [5.74, 6) is 0. The number of ether oxygens (including phenoxy) is 1. The molecule has 5 rings (SSSR count). The molecule has 2 fully saturated rings. The molecule has 7 nitrogen and oxygen atoms in total. The van der Waals surface area contributed by atoms with Gasteiger partial charge in [-0.05, 0) is 43.2 Å². The highest BCUT2D eigenvalue weighted by atomic mass is 16.5. The molecule has 1 aliphatic carbocycles. The van der Waals surface area contributed by atoms with Crippen molar-refractivity contribution in [1.82, 2.24) is 19.6 Å². The molecule has 0 radical (unpaired) electrons. The number of benzene rings is 1. The van der Waals surface area contributed by atoms with E-state index in [0.717, 1.165) is 50.5 Å². The molecule has 1 saturated carbocycles. The van der Waals surface area contributed by atoms with E-state index in [4.69, 9.17) is 9.84 Å². The van der Waals surface area contributed by atoms with Crippen LogP contribution in [0.3, 0.4) is 0 Å². The van der Waals surface area contributed by atoms with Gasteiger partial charge >= 0.3 is 0 Å². The van der Waals surface area contributed by atoms with E-state index in [2.05, 4.69) is 22.1 Å². The molecule has 0 bridgehead atoms. The second-order valence-corrected chi connectivity index (χ2v) is 8.04. The highest BCUT2D eigenvalue weighted by Gasteiger charge is 2.21. The second-order valence-electron chi connectivity index (χ2n) is 8.04. The Morgan fingerprint density at radius 2 is 1.63 bits per heavy atom. The van der Waals surface area contributed by atoms with Crippen LogP contribution in [0.5, 0.6) is 0 Å². The predicted molar refractivity (Wildman–Crippen MR) is 116 cm³/mol. The maximum Gasteiger partial charge on any atom is 0.209 e. The summed E-state index contributed by atoms with van der Waals surface area (Å²) >= 11 is 0. The molecule has 0 spiro atoms. The molecule has 156 valence electrons. The van der Waals surface area contributed by atoms with Gasteiger partial charge in [-0.2, -0.15) is 10.2 Å². The van der Waals surface area contributed by atoms with Crippen LogP contribution in [0.15, 0.2) is 53.6 Å². The number of aromatic nitrogens is 4. The normalized spacial score (nSPS) is 17.9. The molecule has 1 saturated heterocycles. The summed E-state index contributed by atoms with van der Waals surface area (Å²) in [7, 11) is 0. The Balaban J connectivity index is 1.44. The summed E-state index contributed by atoms with van der Waals surface area (Å²) in [6, 6.07) is 12.2. The van der Waals surface area contributed by atoms with Gasteiger partial charge in [0.1, 0.15) is 0 Å². The third-order valence-corrected chi connectivity index (χ3v) is 6.13. The van der Waals surface area contributed by atoms with Crippen LogP contribution in [0.4, 0.5) is 5.69 Å². The quantitative estimate of drug-likeness (QED) is 0.665. The SMILES string of the molecule is O=c1ccn(-c2ccc(N3CCOCC3)cc2)nc1-c1ccnn1C1CCCCC1. The third kappa shape index (κ3) is 3.77. The molecule has 0 unspecified atom stereocenters. The van der Waals surface area contributed by atoms with E-state index in [-0.39, 0.29) is 5.43 Å². The molecule has 0 amide bonds. The van der Waals surface area contributed by atoms with Crippen molar-refractivity contribution in [1.29, 1.82) is 0 Å². The molecule has 0 atom stereocenters. The molecular formula is C23H27N5O2. The maximum absolute atomic E-state index is 12.7. The first kappa shape index (κ1) is 19.1. The van der Waals surface area contributed by atoms with Gasteiger partial charge in [0.2, 0.25) is 5.43 Å². The van der Waals surface area contributed by atoms with Gasteiger partial charge in [-0.1, -0.05) is 19.3 Å². The Labute approximate surface area is 175 Å². The number of nitrogens with zero attached hydrogens (tertiary/aromatic N) is 5. The summed E-state index contributed by atoms with van der Waals surface area (Å²) in [5, 5.41) is 9.23. The van der Waals surface area contributed by atoms with Crippen molar-refractivity contribution in [2.24, 2.45) is 0 Å². The lowest BCUT2D eigenvalue weighted by Crippen LogP contribution is -2.36. The number of rotatable bonds is 4. The lowest BCUT2D eigenvalue weighted by molar-refractivity contribution is 0.122. The molecule has 0 N–H and O–H groups in total. The molecule has 2 aliphatic rings. The monoisotopic (exact) mass is 405 g/mol. The van der Waals surface area contributed by atoms with E-state index < -0.39 is 0 Å². The van der Waals surface area contributed by atoms with Crippen molar-refractivity contribution in [3.63, 3.8) is 0 Å². The molecule has 7 heteroatoms. The van der Waals surface area contributed by atoms with Gasteiger partial charge in [0, 0.05) is 37.2 Å². The number of hydrogen-bond donors (Lipinski definition) is 0. The standard InChI is InChI=1S/C23H27N5O2/c29-22-11-13-27(19-8-6-18(7-9-19)26-14-16-30-17-15-26)25-23(22)21-10-12-24-28(21)20-4-2-1-3-5-20/h6-13,20H,1-5,14-17H2. The highest BCUT2D eigenvalue weighted by Crippen LogP contribution is 2.30. The lowest BCUT2D eigenvalue weighted by Gasteiger charge is -2.28. The van der Waals surface area contributed by atoms with Crippen LogP contribution >= 0.6 is 0 Å². The fraction of sp³-hybridized carbons (Fsp3) is 0.435. The first-order valence-corrected chi connectivity index (χ1v) is 10.9. The second kappa shape index (κ2) is 8.44. The zero-order valence-corrected chi connectivity index (χ0v) is 17.1. The predicted octanol–water partition coefficient (Wildman–Crippen LogP) is 3.44. The maximum atomic E-state index is 12.7. The van der Waals surface area contributed by atoms with E-state index in [1.165, 1.54) is 24.9 Å². The van der Waals surface area contributed by atoms with Gasteiger partial charge in [0.05, 0.1) is 30.6 Å². The average molecular weight is 406 g/mol. The van der Waals surface area contributed by atoms with Gasteiger partial charge in [-0.3, -0.25) is 9.48 Å². The van der Waals surface area contributed by atoms with Gasteiger partial charge < -0.3 is 9.64 Å². The Morgan fingerprint density at radius 1 is 0.900 bits per heavy atom. The van der Waals surface area contributed by atoms with Gasteiger partial charge in [0.25, 0.3) is 0 Å². The van der Waals surface area contributed by atoms with Crippen molar-refractivity contribution in [3.8, 4) is 17.1 Å². The van der Waals surface area contributed by atoms with Crippen molar-refractivity contribution in [2.45, 2.75) is 38.1 Å². The molecule has 30 heavy (non-hydrogen) atoms. The zero-order valence-electron chi connectivity index (χ0n) is 17.1. The Bertz CT molecular complexity index is 1040. The molecular weight excluding hydrogens is 378 g/mol. The fourth-order valence-electron chi connectivity index (χ4n) is 4.48. The molecule has 2 aromatic heterocycles. The van der Waals surface area contributed by atoms with Crippen LogP contribution in [0, 0.1) is 0 Å². The van der Waals surface area contributed by atoms with E-state index in [0.29, 0.717) is 11.7 Å². The van der Waals surface area contributed by atoms with Crippen LogP contribution in [0.1, 0.15) is 38.1 Å². The minimum atomic E-state index is -0.0752. The average Bonchev–Trinajstić information content (AvgIpc) is 3.30. The van der Waals surface area contributed by atoms with E-state index in [9.17, 15) is 4.79 Å². The Kier molecular flexibility index (Phi) is 5.36. The van der Waals surface area contributed by atoms with Gasteiger partial charge in [0.15, 0.2) is 5.69 Å². The summed E-state index contributed by atoms with van der Waals surface area (Å²) in [4.78, 5) is 15.0. The van der Waals surface area contributed by atoms with E-state index in [1.807, 2.05) is 22.9 Å². The largest absolute Gasteiger partial charge is 0.378 e.